The van der Waals surface area contributed by atoms with Gasteiger partial charge in [-0.3, -0.25) is 0 Å². The molecule has 0 saturated heterocycles. The van der Waals surface area contributed by atoms with Gasteiger partial charge in [0.05, 0.1) is 22.2 Å². The van der Waals surface area contributed by atoms with E-state index in [1.807, 2.05) is 47.1 Å². The zero-order valence-electron chi connectivity index (χ0n) is 15.4. The fraction of sp³-hybridized carbons (Fsp3) is 0. The van der Waals surface area contributed by atoms with Crippen molar-refractivity contribution in [3.8, 4) is 23.0 Å². The van der Waals surface area contributed by atoms with Crippen molar-refractivity contribution in [3.63, 3.8) is 0 Å². The first-order valence-electron chi connectivity index (χ1n) is 9.42. The number of para-hydroxylation sites is 1. The van der Waals surface area contributed by atoms with Crippen molar-refractivity contribution >= 4 is 32.7 Å². The number of aromatic nitrogens is 4. The molecular weight excluding hydrogens is 360 g/mol. The van der Waals surface area contributed by atoms with Crippen molar-refractivity contribution in [2.75, 3.05) is 0 Å². The Balaban J connectivity index is 1.59. The number of benzene rings is 4. The fourth-order valence-electron chi connectivity index (χ4n) is 3.84. The van der Waals surface area contributed by atoms with Crippen LogP contribution in [-0.4, -0.2) is 24.9 Å². The van der Waals surface area contributed by atoms with Crippen LogP contribution in [0.1, 0.15) is 0 Å². The lowest BCUT2D eigenvalue weighted by Crippen LogP contribution is -1.96. The Labute approximate surface area is 165 Å². The van der Waals surface area contributed by atoms with Crippen molar-refractivity contribution in [1.29, 1.82) is 0 Å². The summed E-state index contributed by atoms with van der Waals surface area (Å²) in [6, 6.07) is 27.6. The summed E-state index contributed by atoms with van der Waals surface area (Å²) in [4.78, 5) is 8.28. The summed E-state index contributed by atoms with van der Waals surface area (Å²) in [5.74, 6) is 0.971. The Morgan fingerprint density at radius 1 is 0.793 bits per heavy atom. The van der Waals surface area contributed by atoms with Crippen LogP contribution in [0.5, 0.6) is 5.75 Å². The van der Waals surface area contributed by atoms with Crippen LogP contribution in [0.25, 0.3) is 49.9 Å². The first-order valence-corrected chi connectivity index (χ1v) is 9.42. The molecule has 2 aromatic heterocycles. The van der Waals surface area contributed by atoms with Crippen LogP contribution in [0.3, 0.4) is 0 Å². The third-order valence-electron chi connectivity index (χ3n) is 5.26. The van der Waals surface area contributed by atoms with E-state index in [0.29, 0.717) is 0 Å². The van der Waals surface area contributed by atoms with Crippen molar-refractivity contribution in [2.45, 2.75) is 0 Å². The minimum atomic E-state index is 0.231. The fourth-order valence-corrected chi connectivity index (χ4v) is 3.84. The van der Waals surface area contributed by atoms with Gasteiger partial charge in [-0.1, -0.05) is 42.5 Å². The second kappa shape index (κ2) is 5.94. The van der Waals surface area contributed by atoms with Crippen LogP contribution in [0.2, 0.25) is 0 Å². The molecule has 138 valence electrons. The van der Waals surface area contributed by atoms with Gasteiger partial charge in [-0.15, -0.1) is 0 Å². The molecule has 0 atom stereocenters. The monoisotopic (exact) mass is 376 g/mol. The molecule has 4 aromatic carbocycles. The largest absolute Gasteiger partial charge is 0.508 e. The van der Waals surface area contributed by atoms with Gasteiger partial charge in [0, 0.05) is 5.39 Å². The second-order valence-corrected chi connectivity index (χ2v) is 7.10. The van der Waals surface area contributed by atoms with Gasteiger partial charge in [-0.25, -0.2) is 9.67 Å². The molecule has 29 heavy (non-hydrogen) atoms. The van der Waals surface area contributed by atoms with E-state index in [1.54, 1.807) is 12.1 Å². The lowest BCUT2D eigenvalue weighted by molar-refractivity contribution is 0.475. The maximum Gasteiger partial charge on any atom is 0.159 e. The van der Waals surface area contributed by atoms with Crippen molar-refractivity contribution in [3.05, 3.63) is 84.9 Å². The summed E-state index contributed by atoms with van der Waals surface area (Å²) in [7, 11) is 0. The van der Waals surface area contributed by atoms with Crippen LogP contribution in [0, 0.1) is 0 Å². The molecule has 0 aliphatic heterocycles. The average molecular weight is 376 g/mol. The summed E-state index contributed by atoms with van der Waals surface area (Å²) < 4.78 is 1.88. The number of nitrogens with one attached hydrogen (secondary N) is 1. The zero-order chi connectivity index (χ0) is 19.4. The van der Waals surface area contributed by atoms with Crippen LogP contribution < -0.4 is 0 Å². The minimum absolute atomic E-state index is 0.231. The molecule has 0 unspecified atom stereocenters. The first-order chi connectivity index (χ1) is 14.3. The Morgan fingerprint density at radius 3 is 2.34 bits per heavy atom. The number of aromatic amines is 1. The lowest BCUT2D eigenvalue weighted by atomic mass is 10.1. The van der Waals surface area contributed by atoms with E-state index < -0.39 is 0 Å². The van der Waals surface area contributed by atoms with E-state index in [9.17, 15) is 5.11 Å². The van der Waals surface area contributed by atoms with E-state index in [-0.39, 0.29) is 5.75 Å². The van der Waals surface area contributed by atoms with E-state index >= 15 is 0 Å². The van der Waals surface area contributed by atoms with Gasteiger partial charge in [-0.2, -0.15) is 5.10 Å². The molecule has 2 N–H and O–H groups in total. The normalized spacial score (nSPS) is 11.6. The number of phenolic OH excluding ortho intramolecular Hbond substituents is 1. The number of aromatic hydroxyl groups is 1. The third-order valence-corrected chi connectivity index (χ3v) is 5.26. The number of fused-ring (bicyclic) bond motifs is 3. The number of nitrogens with zero attached hydrogens (tertiary/aromatic N) is 3. The van der Waals surface area contributed by atoms with Crippen molar-refractivity contribution < 1.29 is 5.11 Å². The predicted molar refractivity (Wildman–Crippen MR) is 115 cm³/mol. The molecule has 6 aromatic rings. The van der Waals surface area contributed by atoms with Gasteiger partial charge >= 0.3 is 0 Å². The van der Waals surface area contributed by atoms with Gasteiger partial charge in [-0.05, 0) is 53.2 Å². The Kier molecular flexibility index (Phi) is 3.25. The second-order valence-electron chi connectivity index (χ2n) is 7.10. The van der Waals surface area contributed by atoms with E-state index in [4.69, 9.17) is 10.1 Å². The Morgan fingerprint density at radius 2 is 1.52 bits per heavy atom. The smallest absolute Gasteiger partial charge is 0.159 e. The average Bonchev–Trinajstić information content (AvgIpc) is 3.33. The third kappa shape index (κ3) is 2.48. The topological polar surface area (TPSA) is 66.7 Å². The molecule has 0 aliphatic carbocycles. The molecule has 0 amide bonds. The molecule has 6 rings (SSSR count). The Bertz CT molecular complexity index is 1460. The molecule has 0 spiro atoms. The highest BCUT2D eigenvalue weighted by Crippen LogP contribution is 2.31. The standard InChI is InChI=1S/C24H16N4O/c29-18-11-9-17(10-12-18)28-22-8-4-3-7-19(22)23(27-28)24-25-20-13-15-5-1-2-6-16(15)14-21(20)26-24/h1-14,29H,(H,25,26). The number of H-pyrrole nitrogens is 1. The molecule has 5 nitrogen and oxygen atoms in total. The van der Waals surface area contributed by atoms with Crippen LogP contribution in [0.15, 0.2) is 84.9 Å². The molecule has 0 aliphatic rings. The molecule has 0 radical (unpaired) electrons. The summed E-state index contributed by atoms with van der Waals surface area (Å²) in [6.07, 6.45) is 0. The molecule has 0 bridgehead atoms. The van der Waals surface area contributed by atoms with Crippen molar-refractivity contribution in [2.24, 2.45) is 0 Å². The van der Waals surface area contributed by atoms with Crippen LogP contribution in [-0.2, 0) is 0 Å². The molecular formula is C24H16N4O. The first kappa shape index (κ1) is 15.9. The van der Waals surface area contributed by atoms with Gasteiger partial charge < -0.3 is 10.1 Å². The summed E-state index contributed by atoms with van der Waals surface area (Å²) in [6.45, 7) is 0. The SMILES string of the molecule is Oc1ccc(-n2nc(-c3nc4cc5ccccc5cc4[nH]3)c3ccccc32)cc1. The van der Waals surface area contributed by atoms with Gasteiger partial charge in [0.15, 0.2) is 5.82 Å². The number of imidazole rings is 1. The highest BCUT2D eigenvalue weighted by Gasteiger charge is 2.16. The number of hydrogen-bond acceptors (Lipinski definition) is 3. The number of hydrogen-bond donors (Lipinski definition) is 2. The molecule has 0 fully saturated rings. The molecule has 5 heteroatoms. The van der Waals surface area contributed by atoms with Crippen LogP contribution in [0.4, 0.5) is 0 Å². The zero-order valence-corrected chi connectivity index (χ0v) is 15.4. The maximum atomic E-state index is 9.62. The highest BCUT2D eigenvalue weighted by atomic mass is 16.3. The number of rotatable bonds is 2. The predicted octanol–water partition coefficient (Wildman–Crippen LogP) is 5.43. The lowest BCUT2D eigenvalue weighted by Gasteiger charge is -2.03. The van der Waals surface area contributed by atoms with Gasteiger partial charge in [0.2, 0.25) is 0 Å². The minimum Gasteiger partial charge on any atom is -0.508 e. The maximum absolute atomic E-state index is 9.62. The summed E-state index contributed by atoms with van der Waals surface area (Å²) in [5, 5.41) is 17.8. The molecule has 2 heterocycles. The van der Waals surface area contributed by atoms with E-state index in [2.05, 4.69) is 35.3 Å². The van der Waals surface area contributed by atoms with Crippen molar-refractivity contribution in [1.82, 2.24) is 19.7 Å². The van der Waals surface area contributed by atoms with Gasteiger partial charge in [0.25, 0.3) is 0 Å². The molecule has 0 saturated carbocycles. The van der Waals surface area contributed by atoms with Gasteiger partial charge in [0.1, 0.15) is 11.4 Å². The quantitative estimate of drug-likeness (QED) is 0.424. The Hall–Kier alpha value is -4.12. The van der Waals surface area contributed by atoms with E-state index in [1.165, 1.54) is 5.39 Å². The summed E-state index contributed by atoms with van der Waals surface area (Å²) >= 11 is 0. The van der Waals surface area contributed by atoms with Crippen LogP contribution >= 0.6 is 0 Å². The summed E-state index contributed by atoms with van der Waals surface area (Å²) in [5.41, 5.74) is 4.57. The number of phenols is 1. The highest BCUT2D eigenvalue weighted by molar-refractivity contribution is 5.98. The van der Waals surface area contributed by atoms with E-state index in [0.717, 1.165) is 44.5 Å².